The molecule has 1 aromatic heterocycles. The smallest absolute Gasteiger partial charge is 0.121 e. The molecule has 4 heteroatoms. The predicted molar refractivity (Wildman–Crippen MR) is 80.4 cm³/mol. The molecule has 0 aliphatic rings. The molecular formula is C16H14ClNO2. The zero-order chi connectivity index (χ0) is 14.1. The number of halogens is 1. The van der Waals surface area contributed by atoms with Crippen molar-refractivity contribution in [1.29, 1.82) is 0 Å². The zero-order valence-corrected chi connectivity index (χ0v) is 11.8. The molecule has 0 spiro atoms. The van der Waals surface area contributed by atoms with Crippen molar-refractivity contribution in [1.82, 2.24) is 4.57 Å². The van der Waals surface area contributed by atoms with E-state index in [1.54, 1.807) is 18.2 Å². The van der Waals surface area contributed by atoms with Crippen molar-refractivity contribution < 1.29 is 9.84 Å². The SMILES string of the molecule is Cn1cc(COc2cccc(Cl)c2)c2ccc(O)cc21. The molecule has 0 aliphatic carbocycles. The normalized spacial score (nSPS) is 10.9. The fraction of sp³-hybridized carbons (Fsp3) is 0.125. The van der Waals surface area contributed by atoms with Crippen LogP contribution >= 0.6 is 11.6 Å². The highest BCUT2D eigenvalue weighted by atomic mass is 35.5. The average molecular weight is 288 g/mol. The molecule has 0 amide bonds. The van der Waals surface area contributed by atoms with Crippen LogP contribution < -0.4 is 4.74 Å². The standard InChI is InChI=1S/C16H14ClNO2/c1-18-9-11(15-6-5-13(19)8-16(15)18)10-20-14-4-2-3-12(17)7-14/h2-9,19H,10H2,1H3. The number of hydrogen-bond donors (Lipinski definition) is 1. The number of phenols is 1. The molecule has 0 bridgehead atoms. The molecule has 1 heterocycles. The van der Waals surface area contributed by atoms with Gasteiger partial charge in [0, 0.05) is 35.3 Å². The van der Waals surface area contributed by atoms with Crippen LogP contribution in [0.15, 0.2) is 48.7 Å². The van der Waals surface area contributed by atoms with Gasteiger partial charge in [-0.25, -0.2) is 0 Å². The first-order valence-electron chi connectivity index (χ1n) is 6.29. The topological polar surface area (TPSA) is 34.4 Å². The lowest BCUT2D eigenvalue weighted by Gasteiger charge is -2.05. The minimum Gasteiger partial charge on any atom is -0.508 e. The first kappa shape index (κ1) is 12.9. The van der Waals surface area contributed by atoms with Crippen LogP contribution in [0, 0.1) is 0 Å². The maximum absolute atomic E-state index is 9.54. The summed E-state index contributed by atoms with van der Waals surface area (Å²) in [6.45, 7) is 0.461. The summed E-state index contributed by atoms with van der Waals surface area (Å²) < 4.78 is 7.74. The maximum atomic E-state index is 9.54. The van der Waals surface area contributed by atoms with Gasteiger partial charge in [0.1, 0.15) is 18.1 Å². The van der Waals surface area contributed by atoms with Gasteiger partial charge in [0.25, 0.3) is 0 Å². The van der Waals surface area contributed by atoms with Gasteiger partial charge < -0.3 is 14.4 Å². The molecule has 0 saturated heterocycles. The average Bonchev–Trinajstić information content (AvgIpc) is 2.73. The minimum atomic E-state index is 0.265. The van der Waals surface area contributed by atoms with Gasteiger partial charge >= 0.3 is 0 Å². The number of nitrogens with zero attached hydrogens (tertiary/aromatic N) is 1. The van der Waals surface area contributed by atoms with Gasteiger partial charge in [-0.1, -0.05) is 17.7 Å². The van der Waals surface area contributed by atoms with E-state index in [2.05, 4.69) is 0 Å². The summed E-state index contributed by atoms with van der Waals surface area (Å²) >= 11 is 5.93. The van der Waals surface area contributed by atoms with Crippen LogP contribution in [-0.2, 0) is 13.7 Å². The summed E-state index contributed by atoms with van der Waals surface area (Å²) in [5.41, 5.74) is 2.05. The van der Waals surface area contributed by atoms with Gasteiger partial charge in [-0.2, -0.15) is 0 Å². The Morgan fingerprint density at radius 2 is 2.05 bits per heavy atom. The van der Waals surface area contributed by atoms with Crippen LogP contribution in [0.2, 0.25) is 5.02 Å². The Balaban J connectivity index is 1.88. The number of fused-ring (bicyclic) bond motifs is 1. The van der Waals surface area contributed by atoms with E-state index in [1.807, 2.05) is 42.1 Å². The van der Waals surface area contributed by atoms with E-state index in [1.165, 1.54) is 0 Å². The molecule has 3 aromatic rings. The van der Waals surface area contributed by atoms with Crippen molar-refractivity contribution in [2.45, 2.75) is 6.61 Å². The van der Waals surface area contributed by atoms with E-state index in [9.17, 15) is 5.11 Å². The maximum Gasteiger partial charge on any atom is 0.121 e. The van der Waals surface area contributed by atoms with Crippen molar-refractivity contribution in [2.24, 2.45) is 7.05 Å². The lowest BCUT2D eigenvalue weighted by Crippen LogP contribution is -1.94. The number of phenolic OH excluding ortho intramolecular Hbond substituents is 1. The van der Waals surface area contributed by atoms with E-state index in [-0.39, 0.29) is 5.75 Å². The third-order valence-electron chi connectivity index (χ3n) is 3.25. The van der Waals surface area contributed by atoms with Gasteiger partial charge in [-0.3, -0.25) is 0 Å². The van der Waals surface area contributed by atoms with Crippen LogP contribution in [-0.4, -0.2) is 9.67 Å². The van der Waals surface area contributed by atoms with E-state index in [0.717, 1.165) is 22.2 Å². The molecule has 0 unspecified atom stereocenters. The van der Waals surface area contributed by atoms with Crippen molar-refractivity contribution in [3.63, 3.8) is 0 Å². The highest BCUT2D eigenvalue weighted by molar-refractivity contribution is 6.30. The summed E-state index contributed by atoms with van der Waals surface area (Å²) in [5.74, 6) is 1.01. The molecule has 0 fully saturated rings. The Labute approximate surface area is 122 Å². The van der Waals surface area contributed by atoms with Crippen molar-refractivity contribution in [3.05, 3.63) is 59.2 Å². The van der Waals surface area contributed by atoms with Crippen LogP contribution in [0.5, 0.6) is 11.5 Å². The summed E-state index contributed by atoms with van der Waals surface area (Å²) in [6, 6.07) is 12.7. The monoisotopic (exact) mass is 287 g/mol. The Morgan fingerprint density at radius 3 is 2.85 bits per heavy atom. The number of aromatic nitrogens is 1. The second-order valence-corrected chi connectivity index (χ2v) is 5.15. The van der Waals surface area contributed by atoms with Crippen molar-refractivity contribution in [3.8, 4) is 11.5 Å². The summed E-state index contributed by atoms with van der Waals surface area (Å²) in [5, 5.41) is 11.3. The number of ether oxygens (including phenoxy) is 1. The van der Waals surface area contributed by atoms with Gasteiger partial charge in [0.15, 0.2) is 0 Å². The summed E-state index contributed by atoms with van der Waals surface area (Å²) in [4.78, 5) is 0. The van der Waals surface area contributed by atoms with Crippen molar-refractivity contribution in [2.75, 3.05) is 0 Å². The molecule has 0 atom stereocenters. The van der Waals surface area contributed by atoms with Crippen LogP contribution in [0.25, 0.3) is 10.9 Å². The highest BCUT2D eigenvalue weighted by Crippen LogP contribution is 2.26. The Bertz CT molecular complexity index is 764. The van der Waals surface area contributed by atoms with Crippen LogP contribution in [0.4, 0.5) is 0 Å². The van der Waals surface area contributed by atoms with Gasteiger partial charge in [-0.05, 0) is 30.3 Å². The molecule has 1 N–H and O–H groups in total. The quantitative estimate of drug-likeness (QED) is 0.786. The fourth-order valence-electron chi connectivity index (χ4n) is 2.29. The molecular weight excluding hydrogens is 274 g/mol. The minimum absolute atomic E-state index is 0.265. The Kier molecular flexibility index (Phi) is 3.28. The largest absolute Gasteiger partial charge is 0.508 e. The lowest BCUT2D eigenvalue weighted by atomic mass is 10.2. The summed E-state index contributed by atoms with van der Waals surface area (Å²) in [7, 11) is 1.95. The van der Waals surface area contributed by atoms with Crippen LogP contribution in [0.3, 0.4) is 0 Å². The number of aryl methyl sites for hydroxylation is 1. The van der Waals surface area contributed by atoms with Gasteiger partial charge in [0.05, 0.1) is 5.52 Å². The number of hydrogen-bond acceptors (Lipinski definition) is 2. The Morgan fingerprint density at radius 1 is 1.20 bits per heavy atom. The number of aromatic hydroxyl groups is 1. The van der Waals surface area contributed by atoms with E-state index < -0.39 is 0 Å². The molecule has 2 aromatic carbocycles. The first-order valence-corrected chi connectivity index (χ1v) is 6.66. The molecule has 102 valence electrons. The third-order valence-corrected chi connectivity index (χ3v) is 3.48. The second-order valence-electron chi connectivity index (χ2n) is 4.71. The first-order chi connectivity index (χ1) is 9.63. The number of rotatable bonds is 3. The summed E-state index contributed by atoms with van der Waals surface area (Å²) in [6.07, 6.45) is 2.01. The zero-order valence-electron chi connectivity index (χ0n) is 11.0. The van der Waals surface area contributed by atoms with Crippen LogP contribution in [0.1, 0.15) is 5.56 Å². The molecule has 3 nitrogen and oxygen atoms in total. The predicted octanol–water partition coefficient (Wildman–Crippen LogP) is 4.12. The molecule has 3 rings (SSSR count). The highest BCUT2D eigenvalue weighted by Gasteiger charge is 2.08. The third kappa shape index (κ3) is 2.45. The second kappa shape index (κ2) is 5.10. The van der Waals surface area contributed by atoms with E-state index in [4.69, 9.17) is 16.3 Å². The molecule has 0 saturated carbocycles. The molecule has 20 heavy (non-hydrogen) atoms. The fourth-order valence-corrected chi connectivity index (χ4v) is 2.47. The van der Waals surface area contributed by atoms with Crippen molar-refractivity contribution >= 4 is 22.5 Å². The van der Waals surface area contributed by atoms with Gasteiger partial charge in [-0.15, -0.1) is 0 Å². The molecule has 0 aliphatic heterocycles. The Hall–Kier alpha value is -2.13. The van der Waals surface area contributed by atoms with Gasteiger partial charge in [0.2, 0.25) is 0 Å². The molecule has 0 radical (unpaired) electrons. The van der Waals surface area contributed by atoms with E-state index >= 15 is 0 Å². The number of benzene rings is 2. The van der Waals surface area contributed by atoms with E-state index in [0.29, 0.717) is 11.6 Å². The lowest BCUT2D eigenvalue weighted by molar-refractivity contribution is 0.307.